The summed E-state index contributed by atoms with van der Waals surface area (Å²) in [4.78, 5) is 14.7. The van der Waals surface area contributed by atoms with E-state index < -0.39 is 0 Å². The average molecular weight is 307 g/mol. The molecule has 2 atom stereocenters. The van der Waals surface area contributed by atoms with Gasteiger partial charge in [-0.25, -0.2) is 4.39 Å². The molecule has 1 amide bonds. The first-order valence-electron chi connectivity index (χ1n) is 7.66. The molecule has 0 unspecified atom stereocenters. The second-order valence-corrected chi connectivity index (χ2v) is 6.33. The van der Waals surface area contributed by atoms with Crippen molar-refractivity contribution >= 4 is 5.91 Å². The summed E-state index contributed by atoms with van der Waals surface area (Å²) >= 11 is 0. The molecule has 1 saturated carbocycles. The molecule has 120 valence electrons. The summed E-state index contributed by atoms with van der Waals surface area (Å²) in [5, 5.41) is 0. The highest BCUT2D eigenvalue weighted by Gasteiger charge is 2.54. The number of benzene rings is 1. The molecule has 4 nitrogen and oxygen atoms in total. The molecule has 1 heterocycles. The van der Waals surface area contributed by atoms with Crippen molar-refractivity contribution in [2.75, 3.05) is 34.0 Å². The minimum atomic E-state index is -0.309. The van der Waals surface area contributed by atoms with Gasteiger partial charge in [0.2, 0.25) is 5.91 Å². The van der Waals surface area contributed by atoms with Crippen LogP contribution in [0.5, 0.6) is 0 Å². The van der Waals surface area contributed by atoms with Crippen LogP contribution in [-0.4, -0.2) is 50.3 Å². The van der Waals surface area contributed by atoms with Crippen molar-refractivity contribution in [3.8, 4) is 0 Å². The maximum atomic E-state index is 13.0. The van der Waals surface area contributed by atoms with E-state index in [1.807, 2.05) is 4.90 Å². The Labute approximate surface area is 130 Å². The highest BCUT2D eigenvalue weighted by atomic mass is 19.1. The van der Waals surface area contributed by atoms with Crippen molar-refractivity contribution in [3.05, 3.63) is 35.6 Å². The fourth-order valence-electron chi connectivity index (χ4n) is 3.51. The van der Waals surface area contributed by atoms with E-state index in [1.165, 1.54) is 12.1 Å². The van der Waals surface area contributed by atoms with Crippen molar-refractivity contribution < 1.29 is 18.7 Å². The SMILES string of the molecule is COCC1(COC)CCN1C(=O)[C@@H]1C[C@H]1c1ccc(F)cc1. The van der Waals surface area contributed by atoms with Crippen molar-refractivity contribution in [2.45, 2.75) is 24.3 Å². The van der Waals surface area contributed by atoms with E-state index in [9.17, 15) is 9.18 Å². The van der Waals surface area contributed by atoms with Crippen LogP contribution in [0.1, 0.15) is 24.3 Å². The van der Waals surface area contributed by atoms with Gasteiger partial charge in [-0.15, -0.1) is 0 Å². The molecule has 2 fully saturated rings. The number of methoxy groups -OCH3 is 2. The average Bonchev–Trinajstić information content (AvgIpc) is 3.27. The van der Waals surface area contributed by atoms with Crippen LogP contribution in [0.3, 0.4) is 0 Å². The molecule has 1 aromatic carbocycles. The Kier molecular flexibility index (Phi) is 4.19. The van der Waals surface area contributed by atoms with Crippen molar-refractivity contribution in [1.82, 2.24) is 4.90 Å². The maximum absolute atomic E-state index is 13.0. The molecule has 1 aliphatic carbocycles. The van der Waals surface area contributed by atoms with Crippen LogP contribution in [0.2, 0.25) is 0 Å². The monoisotopic (exact) mass is 307 g/mol. The Balaban J connectivity index is 1.66. The zero-order valence-electron chi connectivity index (χ0n) is 13.0. The largest absolute Gasteiger partial charge is 0.382 e. The molecule has 0 spiro atoms. The van der Waals surface area contributed by atoms with E-state index in [4.69, 9.17) is 9.47 Å². The molecule has 1 aliphatic heterocycles. The van der Waals surface area contributed by atoms with E-state index in [0.717, 1.165) is 24.9 Å². The van der Waals surface area contributed by atoms with E-state index in [1.54, 1.807) is 26.4 Å². The molecule has 1 saturated heterocycles. The van der Waals surface area contributed by atoms with Crippen molar-refractivity contribution in [3.63, 3.8) is 0 Å². The Morgan fingerprint density at radius 3 is 2.41 bits per heavy atom. The van der Waals surface area contributed by atoms with Gasteiger partial charge in [0, 0.05) is 26.7 Å². The summed E-state index contributed by atoms with van der Waals surface area (Å²) in [6.45, 7) is 1.76. The van der Waals surface area contributed by atoms with Crippen LogP contribution in [0.25, 0.3) is 0 Å². The van der Waals surface area contributed by atoms with Crippen LogP contribution in [-0.2, 0) is 14.3 Å². The Morgan fingerprint density at radius 1 is 1.27 bits per heavy atom. The summed E-state index contributed by atoms with van der Waals surface area (Å²) < 4.78 is 23.6. The van der Waals surface area contributed by atoms with Crippen molar-refractivity contribution in [2.24, 2.45) is 5.92 Å². The highest BCUT2D eigenvalue weighted by molar-refractivity contribution is 5.84. The molecule has 0 aromatic heterocycles. The van der Waals surface area contributed by atoms with Gasteiger partial charge in [-0.3, -0.25) is 4.79 Å². The quantitative estimate of drug-likeness (QED) is 0.809. The molecule has 0 bridgehead atoms. The van der Waals surface area contributed by atoms with Gasteiger partial charge in [0.05, 0.1) is 18.8 Å². The zero-order valence-corrected chi connectivity index (χ0v) is 13.0. The lowest BCUT2D eigenvalue weighted by Crippen LogP contribution is -2.67. The molecule has 22 heavy (non-hydrogen) atoms. The second-order valence-electron chi connectivity index (χ2n) is 6.33. The number of nitrogens with zero attached hydrogens (tertiary/aromatic N) is 1. The topological polar surface area (TPSA) is 38.8 Å². The first-order chi connectivity index (χ1) is 10.6. The predicted molar refractivity (Wildman–Crippen MR) is 80.1 cm³/mol. The number of carbonyl (C=O) groups is 1. The van der Waals surface area contributed by atoms with Gasteiger partial charge < -0.3 is 14.4 Å². The van der Waals surface area contributed by atoms with Gasteiger partial charge in [-0.1, -0.05) is 12.1 Å². The zero-order chi connectivity index (χ0) is 15.7. The van der Waals surface area contributed by atoms with E-state index in [2.05, 4.69) is 0 Å². The van der Waals surface area contributed by atoms with Gasteiger partial charge in [0.25, 0.3) is 0 Å². The number of amides is 1. The van der Waals surface area contributed by atoms with E-state index >= 15 is 0 Å². The van der Waals surface area contributed by atoms with Crippen LogP contribution in [0, 0.1) is 11.7 Å². The third kappa shape index (κ3) is 2.63. The smallest absolute Gasteiger partial charge is 0.226 e. The van der Waals surface area contributed by atoms with Gasteiger partial charge in [-0.2, -0.15) is 0 Å². The molecule has 5 heteroatoms. The summed E-state index contributed by atoms with van der Waals surface area (Å²) in [6.07, 6.45) is 1.76. The number of ether oxygens (including phenoxy) is 2. The summed E-state index contributed by atoms with van der Waals surface area (Å²) in [7, 11) is 3.30. The second kappa shape index (κ2) is 5.97. The van der Waals surface area contributed by atoms with Gasteiger partial charge in [0.1, 0.15) is 5.82 Å². The van der Waals surface area contributed by atoms with Crippen LogP contribution in [0.15, 0.2) is 24.3 Å². The molecule has 0 N–H and O–H groups in total. The molecule has 1 aromatic rings. The highest BCUT2D eigenvalue weighted by Crippen LogP contribution is 2.50. The predicted octanol–water partition coefficient (Wildman–Crippen LogP) is 2.19. The van der Waals surface area contributed by atoms with E-state index in [0.29, 0.717) is 13.2 Å². The third-order valence-corrected chi connectivity index (χ3v) is 4.87. The Hall–Kier alpha value is -1.46. The van der Waals surface area contributed by atoms with Crippen LogP contribution >= 0.6 is 0 Å². The van der Waals surface area contributed by atoms with Crippen LogP contribution in [0.4, 0.5) is 4.39 Å². The molecule has 0 radical (unpaired) electrons. The third-order valence-electron chi connectivity index (χ3n) is 4.87. The maximum Gasteiger partial charge on any atom is 0.226 e. The molecule has 2 aliphatic rings. The standard InChI is InChI=1S/C17H22FNO3/c1-21-10-17(11-22-2)7-8-19(17)16(20)15-9-14(15)12-3-5-13(18)6-4-12/h3-6,14-15H,7-11H2,1-2H3/t14-,15+/m0/s1. The lowest BCUT2D eigenvalue weighted by atomic mass is 9.85. The molecular weight excluding hydrogens is 285 g/mol. The number of carbonyl (C=O) groups excluding carboxylic acids is 1. The van der Waals surface area contributed by atoms with Gasteiger partial charge in [-0.05, 0) is 36.5 Å². The van der Waals surface area contributed by atoms with E-state index in [-0.39, 0.29) is 29.1 Å². The fourth-order valence-corrected chi connectivity index (χ4v) is 3.51. The Morgan fingerprint density at radius 2 is 1.91 bits per heavy atom. The lowest BCUT2D eigenvalue weighted by molar-refractivity contribution is -0.161. The van der Waals surface area contributed by atoms with Gasteiger partial charge in [0.15, 0.2) is 0 Å². The van der Waals surface area contributed by atoms with Gasteiger partial charge >= 0.3 is 0 Å². The lowest BCUT2D eigenvalue weighted by Gasteiger charge is -2.52. The Bertz CT molecular complexity index is 539. The number of hydrogen-bond donors (Lipinski definition) is 0. The summed E-state index contributed by atoms with van der Waals surface area (Å²) in [5.41, 5.74) is 0.737. The first kappa shape index (κ1) is 15.4. The summed E-state index contributed by atoms with van der Waals surface area (Å²) in [5.74, 6) is 0.166. The minimum absolute atomic E-state index is 0.0128. The van der Waals surface area contributed by atoms with Crippen molar-refractivity contribution in [1.29, 1.82) is 0 Å². The number of hydrogen-bond acceptors (Lipinski definition) is 3. The number of likely N-dealkylation sites (tertiary alicyclic amines) is 1. The first-order valence-corrected chi connectivity index (χ1v) is 7.66. The number of halogens is 1. The summed E-state index contributed by atoms with van der Waals surface area (Å²) in [6, 6.07) is 6.47. The molecular formula is C17H22FNO3. The number of rotatable bonds is 6. The minimum Gasteiger partial charge on any atom is -0.382 e. The fraction of sp³-hybridized carbons (Fsp3) is 0.588. The van der Waals surface area contributed by atoms with Crippen LogP contribution < -0.4 is 0 Å². The normalized spacial score (nSPS) is 25.7. The molecule has 3 rings (SSSR count).